The Labute approximate surface area is 228 Å². The van der Waals surface area contributed by atoms with E-state index in [-0.39, 0.29) is 24.3 Å². The van der Waals surface area contributed by atoms with Crippen molar-refractivity contribution in [3.63, 3.8) is 0 Å². The van der Waals surface area contributed by atoms with E-state index in [4.69, 9.17) is 15.3 Å². The van der Waals surface area contributed by atoms with Crippen molar-refractivity contribution < 1.29 is 24.0 Å². The molecule has 206 valence electrons. The number of amidine groups is 1. The van der Waals surface area contributed by atoms with Crippen molar-refractivity contribution >= 4 is 35.5 Å². The molecule has 3 amide bonds. The molecule has 0 spiro atoms. The lowest BCUT2D eigenvalue weighted by atomic mass is 10.00. The van der Waals surface area contributed by atoms with Gasteiger partial charge in [0.25, 0.3) is 11.8 Å². The largest absolute Gasteiger partial charge is 0.444 e. The third kappa shape index (κ3) is 7.23. The molecule has 0 bridgehead atoms. The molecule has 39 heavy (non-hydrogen) atoms. The number of hydrogen-bond donors (Lipinski definition) is 3. The van der Waals surface area contributed by atoms with E-state index < -0.39 is 11.7 Å². The molecule has 2 aromatic carbocycles. The molecule has 2 aliphatic heterocycles. The zero-order valence-electron chi connectivity index (χ0n) is 22.7. The molecule has 4 rings (SSSR count). The molecule has 4 N–H and O–H groups in total. The monoisotopic (exact) mass is 533 g/mol. The van der Waals surface area contributed by atoms with Crippen molar-refractivity contribution in [3.05, 3.63) is 59.2 Å². The van der Waals surface area contributed by atoms with Crippen LogP contribution in [-0.4, -0.2) is 60.0 Å². The first-order valence-corrected chi connectivity index (χ1v) is 13.0. The van der Waals surface area contributed by atoms with E-state index >= 15 is 0 Å². The van der Waals surface area contributed by atoms with Crippen molar-refractivity contribution in [1.29, 1.82) is 0 Å². The maximum absolute atomic E-state index is 13.1. The van der Waals surface area contributed by atoms with Gasteiger partial charge in [-0.25, -0.2) is 15.3 Å². The Kier molecular flexibility index (Phi) is 8.35. The number of ether oxygens (including phenoxy) is 1. The zero-order chi connectivity index (χ0) is 28.2. The maximum Gasteiger partial charge on any atom is 0.407 e. The van der Waals surface area contributed by atoms with E-state index in [1.165, 1.54) is 0 Å². The molecule has 2 aromatic rings. The van der Waals surface area contributed by atoms with Gasteiger partial charge in [-0.05, 0) is 69.5 Å². The van der Waals surface area contributed by atoms with E-state index in [0.29, 0.717) is 48.8 Å². The number of fused-ring (bicyclic) bond motifs is 1. The maximum atomic E-state index is 13.1. The molecule has 2 aliphatic rings. The van der Waals surface area contributed by atoms with E-state index in [0.717, 1.165) is 16.7 Å². The van der Waals surface area contributed by atoms with Crippen LogP contribution < -0.4 is 16.5 Å². The molecular weight excluding hydrogens is 498 g/mol. The highest BCUT2D eigenvalue weighted by Gasteiger charge is 2.29. The van der Waals surface area contributed by atoms with Gasteiger partial charge in [-0.1, -0.05) is 24.3 Å². The van der Waals surface area contributed by atoms with Gasteiger partial charge in [0, 0.05) is 36.2 Å². The van der Waals surface area contributed by atoms with Crippen molar-refractivity contribution in [2.75, 3.05) is 19.7 Å². The van der Waals surface area contributed by atoms with Crippen molar-refractivity contribution in [2.45, 2.75) is 52.2 Å². The Morgan fingerprint density at radius 1 is 1.10 bits per heavy atom. The third-order valence-electron chi connectivity index (χ3n) is 6.26. The number of likely N-dealkylation sites (tertiary alicyclic amines) is 1. The number of nitrogens with zero attached hydrogens (tertiary/aromatic N) is 2. The Hall–Kier alpha value is -4.18. The van der Waals surface area contributed by atoms with Crippen LogP contribution in [0.25, 0.3) is 17.2 Å². The van der Waals surface area contributed by atoms with Crippen LogP contribution in [0.15, 0.2) is 53.0 Å². The molecule has 0 radical (unpaired) electrons. The van der Waals surface area contributed by atoms with Gasteiger partial charge >= 0.3 is 6.09 Å². The molecular formula is C29H35N5O5. The Morgan fingerprint density at radius 3 is 2.51 bits per heavy atom. The summed E-state index contributed by atoms with van der Waals surface area (Å²) in [6.45, 7) is 8.57. The minimum Gasteiger partial charge on any atom is -0.444 e. The minimum absolute atomic E-state index is 0.0858. The lowest BCUT2D eigenvalue weighted by Crippen LogP contribution is -2.41. The lowest BCUT2D eigenvalue weighted by Gasteiger charge is -2.22. The van der Waals surface area contributed by atoms with Gasteiger partial charge in [-0.2, -0.15) is 0 Å². The highest BCUT2D eigenvalue weighted by molar-refractivity contribution is 6.05. The Balaban J connectivity index is 1.43. The van der Waals surface area contributed by atoms with Gasteiger partial charge in [0.2, 0.25) is 0 Å². The summed E-state index contributed by atoms with van der Waals surface area (Å²) in [4.78, 5) is 48.8. The molecule has 10 nitrogen and oxygen atoms in total. The molecule has 2 heterocycles. The quantitative estimate of drug-likeness (QED) is 0.482. The molecule has 1 fully saturated rings. The number of hydrogen-bond acceptors (Lipinski definition) is 7. The first-order chi connectivity index (χ1) is 18.5. The summed E-state index contributed by atoms with van der Waals surface area (Å²) >= 11 is 0. The molecule has 10 heteroatoms. The van der Waals surface area contributed by atoms with E-state index in [2.05, 4.69) is 15.8 Å². The number of nitrogens with two attached hydrogens (primary N) is 1. The highest BCUT2D eigenvalue weighted by Crippen LogP contribution is 2.32. The van der Waals surface area contributed by atoms with Crippen LogP contribution in [0.2, 0.25) is 0 Å². The van der Waals surface area contributed by atoms with Crippen LogP contribution in [0.4, 0.5) is 10.5 Å². The summed E-state index contributed by atoms with van der Waals surface area (Å²) in [5.74, 6) is -0.107. The second kappa shape index (κ2) is 11.7. The number of carbonyl (C=O) groups is 3. The fourth-order valence-electron chi connectivity index (χ4n) is 4.44. The summed E-state index contributed by atoms with van der Waals surface area (Å²) < 4.78 is 5.32. The Bertz CT molecular complexity index is 1310. The van der Waals surface area contributed by atoms with Crippen LogP contribution in [0.5, 0.6) is 0 Å². The second-order valence-electron chi connectivity index (χ2n) is 10.5. The number of amides is 3. The van der Waals surface area contributed by atoms with Crippen molar-refractivity contribution in [3.8, 4) is 11.1 Å². The molecule has 0 aliphatic carbocycles. The summed E-state index contributed by atoms with van der Waals surface area (Å²) in [6.07, 6.45) is 2.17. The van der Waals surface area contributed by atoms with Crippen molar-refractivity contribution in [1.82, 2.24) is 15.7 Å². The van der Waals surface area contributed by atoms with Crippen LogP contribution in [-0.2, 0) is 14.4 Å². The predicted molar refractivity (Wildman–Crippen MR) is 149 cm³/mol. The number of benzene rings is 2. The van der Waals surface area contributed by atoms with Crippen LogP contribution in [0.3, 0.4) is 0 Å². The van der Waals surface area contributed by atoms with Gasteiger partial charge in [0.1, 0.15) is 11.4 Å². The smallest absolute Gasteiger partial charge is 0.407 e. The topological polar surface area (TPSA) is 135 Å². The number of alkyl carbamates (subject to hydrolysis) is 1. The fourth-order valence-corrected chi connectivity index (χ4v) is 4.44. The SMILES string of the molecule is CCONC(=O)C1=Cc2ccc(-c3ccc(C(=O)N4CCC(NC(=O)OC(C)(C)C)C4)cc3)cc2N=C(N)C1. The summed E-state index contributed by atoms with van der Waals surface area (Å²) in [7, 11) is 0. The summed E-state index contributed by atoms with van der Waals surface area (Å²) in [5, 5.41) is 2.85. The number of rotatable bonds is 6. The third-order valence-corrected chi connectivity index (χ3v) is 6.26. The number of carbonyl (C=O) groups excluding carboxylic acids is 3. The molecule has 1 unspecified atom stereocenters. The van der Waals surface area contributed by atoms with Crippen molar-refractivity contribution in [2.24, 2.45) is 10.7 Å². The second-order valence-corrected chi connectivity index (χ2v) is 10.5. The average molecular weight is 534 g/mol. The normalized spacial score (nSPS) is 16.9. The molecule has 0 aromatic heterocycles. The number of nitrogens with one attached hydrogen (secondary N) is 2. The first-order valence-electron chi connectivity index (χ1n) is 13.0. The van der Waals surface area contributed by atoms with E-state index in [1.54, 1.807) is 30.0 Å². The van der Waals surface area contributed by atoms with E-state index in [9.17, 15) is 14.4 Å². The Morgan fingerprint density at radius 2 is 1.82 bits per heavy atom. The summed E-state index contributed by atoms with van der Waals surface area (Å²) in [5.41, 5.74) is 12.2. The summed E-state index contributed by atoms with van der Waals surface area (Å²) in [6, 6.07) is 13.0. The van der Waals surface area contributed by atoms with Gasteiger partial charge in [-0.15, -0.1) is 0 Å². The van der Waals surface area contributed by atoms with E-state index in [1.807, 2.05) is 51.1 Å². The lowest BCUT2D eigenvalue weighted by molar-refractivity contribution is -0.129. The number of hydroxylamine groups is 1. The van der Waals surface area contributed by atoms with Crippen LogP contribution in [0, 0.1) is 0 Å². The molecule has 0 saturated carbocycles. The van der Waals surface area contributed by atoms with Gasteiger partial charge in [-0.3, -0.25) is 14.4 Å². The first kappa shape index (κ1) is 27.8. The van der Waals surface area contributed by atoms with Gasteiger partial charge in [0.05, 0.1) is 18.3 Å². The minimum atomic E-state index is -0.573. The highest BCUT2D eigenvalue weighted by atomic mass is 16.6. The van der Waals surface area contributed by atoms with Gasteiger partial charge < -0.3 is 20.7 Å². The fraction of sp³-hybridized carbons (Fsp3) is 0.379. The molecule has 1 saturated heterocycles. The van der Waals surface area contributed by atoms with Gasteiger partial charge in [0.15, 0.2) is 0 Å². The van der Waals surface area contributed by atoms with Crippen LogP contribution >= 0.6 is 0 Å². The predicted octanol–water partition coefficient (Wildman–Crippen LogP) is 3.94. The molecule has 1 atom stereocenters. The zero-order valence-corrected chi connectivity index (χ0v) is 22.7. The van der Waals surface area contributed by atoms with Crippen LogP contribution in [0.1, 0.15) is 56.5 Å². The standard InChI is InChI=1S/C29H35N5O5/c1-5-38-33-26(35)22-14-21-11-10-20(15-24(21)32-25(30)16-22)18-6-8-19(9-7-18)27(36)34-13-12-23(17-34)31-28(37)39-29(2,3)4/h6-11,14-15,23H,5,12-13,16-17H2,1-4H3,(H2,30,32)(H,31,37)(H,33,35). The number of aliphatic imine (C=N–C) groups is 1. The average Bonchev–Trinajstić information content (AvgIpc) is 3.26.